The van der Waals surface area contributed by atoms with Gasteiger partial charge >= 0.3 is 0 Å². The minimum absolute atomic E-state index is 0.303. The molecule has 14 heavy (non-hydrogen) atoms. The predicted molar refractivity (Wildman–Crippen MR) is 58.5 cm³/mol. The molecule has 2 nitrogen and oxygen atoms in total. The lowest BCUT2D eigenvalue weighted by Gasteiger charge is -2.28. The number of hydrazine groups is 1. The van der Waals surface area contributed by atoms with E-state index in [2.05, 4.69) is 46.6 Å². The Balaban J connectivity index is 2.11. The summed E-state index contributed by atoms with van der Waals surface area (Å²) >= 11 is 1.79. The second kappa shape index (κ2) is 3.19. The minimum atomic E-state index is 0.303. The molecule has 0 amide bonds. The molecule has 0 saturated carbocycles. The summed E-state index contributed by atoms with van der Waals surface area (Å²) in [4.78, 5) is 1.34. The van der Waals surface area contributed by atoms with Crippen LogP contribution in [-0.2, 0) is 0 Å². The van der Waals surface area contributed by atoms with Crippen molar-refractivity contribution in [1.82, 2.24) is 10.9 Å². The predicted octanol–water partition coefficient (Wildman–Crippen LogP) is 2.34. The Bertz CT molecular complexity index is 423. The van der Waals surface area contributed by atoms with Gasteiger partial charge in [-0.15, -0.1) is 0 Å². The zero-order chi connectivity index (χ0) is 9.38. The maximum atomic E-state index is 3.26. The number of hydrogen-bond acceptors (Lipinski definition) is 3. The van der Waals surface area contributed by atoms with Crippen molar-refractivity contribution in [3.05, 3.63) is 53.1 Å². The van der Waals surface area contributed by atoms with Crippen LogP contribution in [0, 0.1) is 0 Å². The van der Waals surface area contributed by atoms with Crippen LogP contribution in [0.1, 0.15) is 11.6 Å². The van der Waals surface area contributed by atoms with Crippen LogP contribution in [0.4, 0.5) is 0 Å². The molecule has 0 aliphatic carbocycles. The Morgan fingerprint density at radius 2 is 2.14 bits per heavy atom. The fraction of sp³-hybridized carbons (Fsp3) is 0.0909. The SMILES string of the molecule is C1=CC2=CSc3ccccc3C2NN1. The molecule has 1 aromatic rings. The van der Waals surface area contributed by atoms with Gasteiger partial charge in [0.2, 0.25) is 0 Å². The summed E-state index contributed by atoms with van der Waals surface area (Å²) in [6.07, 6.45) is 4.04. The molecule has 2 aliphatic rings. The Morgan fingerprint density at radius 1 is 1.21 bits per heavy atom. The van der Waals surface area contributed by atoms with Crippen LogP contribution in [0.3, 0.4) is 0 Å². The van der Waals surface area contributed by atoms with Gasteiger partial charge in [-0.05, 0) is 28.7 Å². The van der Waals surface area contributed by atoms with Gasteiger partial charge < -0.3 is 5.43 Å². The van der Waals surface area contributed by atoms with E-state index in [4.69, 9.17) is 0 Å². The fourth-order valence-corrected chi connectivity index (χ4v) is 2.73. The average Bonchev–Trinajstić information content (AvgIpc) is 2.29. The van der Waals surface area contributed by atoms with E-state index in [1.165, 1.54) is 16.0 Å². The lowest BCUT2D eigenvalue weighted by atomic mass is 9.99. The van der Waals surface area contributed by atoms with Crippen molar-refractivity contribution < 1.29 is 0 Å². The van der Waals surface area contributed by atoms with Crippen LogP contribution >= 0.6 is 11.8 Å². The average molecular weight is 202 g/mol. The standard InChI is InChI=1S/C11H10N2S/c1-2-4-10-9(3-1)11-8(7-14-10)5-6-12-13-11/h1-7,11-13H. The molecule has 3 rings (SSSR count). The number of rotatable bonds is 0. The number of thioether (sulfide) groups is 1. The van der Waals surface area contributed by atoms with E-state index in [1.54, 1.807) is 11.8 Å². The van der Waals surface area contributed by atoms with Crippen LogP contribution in [0.15, 0.2) is 52.4 Å². The molecule has 0 fully saturated rings. The van der Waals surface area contributed by atoms with Crippen molar-refractivity contribution >= 4 is 11.8 Å². The van der Waals surface area contributed by atoms with Crippen molar-refractivity contribution in [2.24, 2.45) is 0 Å². The van der Waals surface area contributed by atoms with Crippen LogP contribution < -0.4 is 10.9 Å². The number of hydrogen-bond donors (Lipinski definition) is 2. The molecule has 2 aliphatic heterocycles. The summed E-state index contributed by atoms with van der Waals surface area (Å²) in [6, 6.07) is 8.80. The Labute approximate surface area is 87.1 Å². The number of benzene rings is 1. The Hall–Kier alpha value is -1.19. The van der Waals surface area contributed by atoms with Crippen molar-refractivity contribution in [3.8, 4) is 0 Å². The Kier molecular flexibility index (Phi) is 1.85. The monoisotopic (exact) mass is 202 g/mol. The topological polar surface area (TPSA) is 24.1 Å². The van der Waals surface area contributed by atoms with Crippen LogP contribution in [-0.4, -0.2) is 0 Å². The van der Waals surface area contributed by atoms with Crippen LogP contribution in [0.2, 0.25) is 0 Å². The van der Waals surface area contributed by atoms with Gasteiger partial charge in [0.25, 0.3) is 0 Å². The van der Waals surface area contributed by atoms with Gasteiger partial charge in [-0.2, -0.15) is 0 Å². The third-order valence-corrected chi connectivity index (χ3v) is 3.49. The largest absolute Gasteiger partial charge is 0.328 e. The Morgan fingerprint density at radius 3 is 3.14 bits per heavy atom. The summed E-state index contributed by atoms with van der Waals surface area (Å²) in [5, 5.41) is 2.21. The maximum Gasteiger partial charge on any atom is 0.0776 e. The molecule has 0 saturated heterocycles. The minimum Gasteiger partial charge on any atom is -0.328 e. The first-order chi connectivity index (χ1) is 6.95. The van der Waals surface area contributed by atoms with E-state index in [0.29, 0.717) is 6.04 Å². The normalized spacial score (nSPS) is 23.1. The zero-order valence-electron chi connectivity index (χ0n) is 7.53. The smallest absolute Gasteiger partial charge is 0.0776 e. The van der Waals surface area contributed by atoms with E-state index in [9.17, 15) is 0 Å². The van der Waals surface area contributed by atoms with Gasteiger partial charge in [0.05, 0.1) is 6.04 Å². The molecular formula is C11H10N2S. The molecule has 0 radical (unpaired) electrons. The molecule has 1 atom stereocenters. The quantitative estimate of drug-likeness (QED) is 0.675. The van der Waals surface area contributed by atoms with Gasteiger partial charge in [-0.1, -0.05) is 30.0 Å². The highest BCUT2D eigenvalue weighted by Crippen LogP contribution is 2.39. The van der Waals surface area contributed by atoms with Gasteiger partial charge in [0.15, 0.2) is 0 Å². The first-order valence-corrected chi connectivity index (χ1v) is 5.46. The van der Waals surface area contributed by atoms with Gasteiger partial charge in [0.1, 0.15) is 0 Å². The van der Waals surface area contributed by atoms with E-state index in [-0.39, 0.29) is 0 Å². The molecule has 0 bridgehead atoms. The molecule has 3 heteroatoms. The molecule has 0 spiro atoms. The highest BCUT2D eigenvalue weighted by molar-refractivity contribution is 8.02. The van der Waals surface area contributed by atoms with Crippen LogP contribution in [0.5, 0.6) is 0 Å². The van der Waals surface area contributed by atoms with E-state index in [1.807, 2.05) is 6.20 Å². The van der Waals surface area contributed by atoms with Gasteiger partial charge in [-0.25, -0.2) is 5.43 Å². The summed E-state index contributed by atoms with van der Waals surface area (Å²) in [5.74, 6) is 0. The fourth-order valence-electron chi connectivity index (χ4n) is 1.77. The maximum absolute atomic E-state index is 3.26. The van der Waals surface area contributed by atoms with E-state index >= 15 is 0 Å². The molecule has 2 heterocycles. The lowest BCUT2D eigenvalue weighted by molar-refractivity contribution is 0.528. The number of nitrogens with one attached hydrogen (secondary N) is 2. The summed E-state index contributed by atoms with van der Waals surface area (Å²) in [7, 11) is 0. The second-order valence-corrected chi connectivity index (χ2v) is 4.24. The van der Waals surface area contributed by atoms with Crippen molar-refractivity contribution in [2.75, 3.05) is 0 Å². The zero-order valence-corrected chi connectivity index (χ0v) is 8.34. The third-order valence-electron chi connectivity index (χ3n) is 2.47. The van der Waals surface area contributed by atoms with Crippen molar-refractivity contribution in [3.63, 3.8) is 0 Å². The third kappa shape index (κ3) is 1.17. The lowest BCUT2D eigenvalue weighted by Crippen LogP contribution is -2.36. The summed E-state index contributed by atoms with van der Waals surface area (Å²) in [6.45, 7) is 0. The summed E-state index contributed by atoms with van der Waals surface area (Å²) in [5.41, 5.74) is 8.98. The first kappa shape index (κ1) is 8.15. The molecule has 70 valence electrons. The van der Waals surface area contributed by atoms with E-state index < -0.39 is 0 Å². The van der Waals surface area contributed by atoms with Crippen molar-refractivity contribution in [1.29, 1.82) is 0 Å². The molecule has 1 unspecified atom stereocenters. The highest BCUT2D eigenvalue weighted by Gasteiger charge is 2.22. The second-order valence-electron chi connectivity index (χ2n) is 3.33. The van der Waals surface area contributed by atoms with Gasteiger partial charge in [-0.3, -0.25) is 0 Å². The van der Waals surface area contributed by atoms with Gasteiger partial charge in [0, 0.05) is 11.1 Å². The molecular weight excluding hydrogens is 192 g/mol. The van der Waals surface area contributed by atoms with Crippen LogP contribution in [0.25, 0.3) is 0 Å². The molecule has 0 aromatic heterocycles. The molecule has 1 aromatic carbocycles. The molecule has 2 N–H and O–H groups in total. The summed E-state index contributed by atoms with van der Waals surface area (Å²) < 4.78 is 0. The first-order valence-electron chi connectivity index (χ1n) is 4.58. The van der Waals surface area contributed by atoms with E-state index in [0.717, 1.165) is 0 Å². The number of fused-ring (bicyclic) bond motifs is 3. The highest BCUT2D eigenvalue weighted by atomic mass is 32.2. The van der Waals surface area contributed by atoms with Crippen molar-refractivity contribution in [2.45, 2.75) is 10.9 Å².